The molecule has 0 radical (unpaired) electrons. The molecule has 1 heterocycles. The quantitative estimate of drug-likeness (QED) is 0.830. The summed E-state index contributed by atoms with van der Waals surface area (Å²) < 4.78 is 0. The van der Waals surface area contributed by atoms with Gasteiger partial charge in [-0.3, -0.25) is 0 Å². The molecule has 1 aromatic carbocycles. The number of imidazole rings is 1. The van der Waals surface area contributed by atoms with Gasteiger partial charge >= 0.3 is 0 Å². The minimum Gasteiger partial charge on any atom is -0.337 e. The Morgan fingerprint density at radius 3 is 2.91 bits per heavy atom. The molecule has 1 saturated carbocycles. The van der Waals surface area contributed by atoms with Crippen LogP contribution >= 0.6 is 0 Å². The number of hydrogen-bond acceptors (Lipinski definition) is 2. The van der Waals surface area contributed by atoms with E-state index in [1.165, 1.54) is 12.0 Å². The van der Waals surface area contributed by atoms with Crippen molar-refractivity contribution in [3.8, 4) is 6.07 Å². The second-order valence-electron chi connectivity index (χ2n) is 7.02. The highest BCUT2D eigenvalue weighted by atomic mass is 14.9. The van der Waals surface area contributed by atoms with Crippen LogP contribution in [0.25, 0.3) is 16.6 Å². The van der Waals surface area contributed by atoms with E-state index < -0.39 is 0 Å². The van der Waals surface area contributed by atoms with Crippen LogP contribution in [0.5, 0.6) is 0 Å². The third-order valence-electron chi connectivity index (χ3n) is 5.59. The van der Waals surface area contributed by atoms with E-state index in [-0.39, 0.29) is 0 Å². The number of nitrogens with zero attached hydrogens (tertiary/aromatic N) is 2. The Morgan fingerprint density at radius 1 is 1.41 bits per heavy atom. The van der Waals surface area contributed by atoms with Gasteiger partial charge in [-0.25, -0.2) is 4.98 Å². The Balaban J connectivity index is 1.73. The third kappa shape index (κ3) is 1.84. The van der Waals surface area contributed by atoms with Crippen LogP contribution < -0.4 is 0 Å². The van der Waals surface area contributed by atoms with Crippen LogP contribution in [0.3, 0.4) is 0 Å². The largest absolute Gasteiger partial charge is 0.337 e. The summed E-state index contributed by atoms with van der Waals surface area (Å²) in [6.45, 7) is 4.69. The number of hydrogen-bond donors (Lipinski definition) is 1. The molecule has 0 saturated heterocycles. The summed E-state index contributed by atoms with van der Waals surface area (Å²) in [6, 6.07) is 10.2. The predicted octanol–water partition coefficient (Wildman–Crippen LogP) is 4.46. The van der Waals surface area contributed by atoms with Crippen LogP contribution in [-0.4, -0.2) is 9.97 Å². The minimum absolute atomic E-state index is 0.370. The zero-order chi connectivity index (χ0) is 15.3. The van der Waals surface area contributed by atoms with Crippen LogP contribution in [0.1, 0.15) is 32.5 Å². The van der Waals surface area contributed by atoms with Crippen molar-refractivity contribution in [3.05, 3.63) is 47.8 Å². The summed E-state index contributed by atoms with van der Waals surface area (Å²) in [5, 5.41) is 9.56. The van der Waals surface area contributed by atoms with Gasteiger partial charge in [0, 0.05) is 0 Å². The van der Waals surface area contributed by atoms with E-state index in [9.17, 15) is 5.26 Å². The van der Waals surface area contributed by atoms with E-state index in [2.05, 4.69) is 36.0 Å². The molecule has 1 aromatic heterocycles. The molecule has 1 N–H and O–H groups in total. The standard InChI is InChI=1S/C19H19N3/c1-19(2)14-8-7-12(15(19)10-14)9-13(11-20)18-21-16-5-3-4-6-17(16)22-18/h3-7,9,14-15H,8,10H2,1-2H3,(H,21,22)/b13-9-/t14-,15+/m0/s1. The van der Waals surface area contributed by atoms with Gasteiger partial charge in [0.05, 0.1) is 16.6 Å². The fraction of sp³-hybridized carbons (Fsp3) is 0.368. The predicted molar refractivity (Wildman–Crippen MR) is 87.8 cm³/mol. The maximum atomic E-state index is 9.56. The molecule has 3 aliphatic carbocycles. The number of aromatic amines is 1. The lowest BCUT2D eigenvalue weighted by atomic mass is 9.49. The Morgan fingerprint density at radius 2 is 2.23 bits per heavy atom. The van der Waals surface area contributed by atoms with Crippen molar-refractivity contribution in [1.82, 2.24) is 9.97 Å². The molecule has 2 aromatic rings. The van der Waals surface area contributed by atoms with Gasteiger partial charge in [-0.1, -0.05) is 32.1 Å². The highest BCUT2D eigenvalue weighted by Crippen LogP contribution is 2.59. The molecule has 2 atom stereocenters. The number of nitriles is 1. The molecule has 1 fully saturated rings. The summed E-state index contributed by atoms with van der Waals surface area (Å²) in [4.78, 5) is 7.81. The average molecular weight is 289 g/mol. The molecule has 2 bridgehead atoms. The highest BCUT2D eigenvalue weighted by Gasteiger charge is 2.50. The Labute approximate surface area is 130 Å². The second kappa shape index (κ2) is 4.58. The molecule has 0 aliphatic heterocycles. The fourth-order valence-corrected chi connectivity index (χ4v) is 3.96. The van der Waals surface area contributed by atoms with Crippen molar-refractivity contribution in [1.29, 1.82) is 5.26 Å². The lowest BCUT2D eigenvalue weighted by Gasteiger charge is -2.56. The molecule has 3 heteroatoms. The smallest absolute Gasteiger partial charge is 0.149 e. The molecule has 3 nitrogen and oxygen atoms in total. The topological polar surface area (TPSA) is 52.5 Å². The van der Waals surface area contributed by atoms with Crippen molar-refractivity contribution < 1.29 is 0 Å². The number of benzene rings is 1. The number of nitrogens with one attached hydrogen (secondary N) is 1. The zero-order valence-corrected chi connectivity index (χ0v) is 12.9. The molecule has 22 heavy (non-hydrogen) atoms. The molecule has 0 unspecified atom stereocenters. The fourth-order valence-electron chi connectivity index (χ4n) is 3.96. The van der Waals surface area contributed by atoms with Crippen LogP contribution in [0.15, 0.2) is 42.0 Å². The monoisotopic (exact) mass is 289 g/mol. The van der Waals surface area contributed by atoms with Crippen LogP contribution in [0.4, 0.5) is 0 Å². The summed E-state index contributed by atoms with van der Waals surface area (Å²) in [5.41, 5.74) is 4.18. The number of H-pyrrole nitrogens is 1. The molecule has 0 amide bonds. The van der Waals surface area contributed by atoms with Crippen molar-refractivity contribution in [2.24, 2.45) is 17.3 Å². The summed E-state index contributed by atoms with van der Waals surface area (Å²) in [7, 11) is 0. The van der Waals surface area contributed by atoms with E-state index in [0.29, 0.717) is 22.7 Å². The first kappa shape index (κ1) is 13.3. The van der Waals surface area contributed by atoms with Crippen LogP contribution in [0, 0.1) is 28.6 Å². The number of fused-ring (bicyclic) bond motifs is 2. The van der Waals surface area contributed by atoms with Gasteiger partial charge in [0.2, 0.25) is 0 Å². The molecule has 0 spiro atoms. The van der Waals surface area contributed by atoms with E-state index in [1.54, 1.807) is 0 Å². The van der Waals surface area contributed by atoms with Gasteiger partial charge in [0.15, 0.2) is 0 Å². The van der Waals surface area contributed by atoms with Gasteiger partial charge in [0.1, 0.15) is 11.9 Å². The third-order valence-corrected chi connectivity index (χ3v) is 5.59. The lowest BCUT2D eigenvalue weighted by molar-refractivity contribution is -0.00324. The average Bonchev–Trinajstić information content (AvgIpc) is 2.96. The van der Waals surface area contributed by atoms with Crippen molar-refractivity contribution >= 4 is 16.6 Å². The van der Waals surface area contributed by atoms with Crippen LogP contribution in [0.2, 0.25) is 0 Å². The molecule has 110 valence electrons. The van der Waals surface area contributed by atoms with Gasteiger partial charge in [-0.05, 0) is 53.9 Å². The molecular formula is C19H19N3. The Kier molecular flexibility index (Phi) is 2.77. The second-order valence-corrected chi connectivity index (χ2v) is 7.02. The van der Waals surface area contributed by atoms with Gasteiger partial charge in [0.25, 0.3) is 0 Å². The normalized spacial score (nSPS) is 26.2. The Bertz CT molecular complexity index is 812. The lowest BCUT2D eigenvalue weighted by Crippen LogP contribution is -2.47. The van der Waals surface area contributed by atoms with Gasteiger partial charge in [-0.2, -0.15) is 5.26 Å². The Hall–Kier alpha value is -2.34. The van der Waals surface area contributed by atoms with E-state index >= 15 is 0 Å². The number of rotatable bonds is 2. The number of allylic oxidation sites excluding steroid dienone is 4. The first-order valence-electron chi connectivity index (χ1n) is 7.86. The SMILES string of the molecule is CC1(C)[C@H]2CC=C(/C=C(/C#N)c3nc4ccccc4[nH]3)[C@H]1C2. The zero-order valence-electron chi connectivity index (χ0n) is 12.9. The van der Waals surface area contributed by atoms with Crippen molar-refractivity contribution in [2.75, 3.05) is 0 Å². The van der Waals surface area contributed by atoms with E-state index in [4.69, 9.17) is 0 Å². The van der Waals surface area contributed by atoms with Crippen molar-refractivity contribution in [3.63, 3.8) is 0 Å². The van der Waals surface area contributed by atoms with E-state index in [1.807, 2.05) is 30.3 Å². The first-order chi connectivity index (χ1) is 10.6. The summed E-state index contributed by atoms with van der Waals surface area (Å²) >= 11 is 0. The van der Waals surface area contributed by atoms with E-state index in [0.717, 1.165) is 23.4 Å². The van der Waals surface area contributed by atoms with Gasteiger partial charge in [-0.15, -0.1) is 0 Å². The van der Waals surface area contributed by atoms with Crippen molar-refractivity contribution in [2.45, 2.75) is 26.7 Å². The van der Waals surface area contributed by atoms with Crippen LogP contribution in [-0.2, 0) is 0 Å². The first-order valence-corrected chi connectivity index (χ1v) is 7.86. The number of aromatic nitrogens is 2. The maximum Gasteiger partial charge on any atom is 0.149 e. The molecule has 5 rings (SSSR count). The summed E-state index contributed by atoms with van der Waals surface area (Å²) in [5.74, 6) is 2.06. The molecule has 3 aliphatic rings. The highest BCUT2D eigenvalue weighted by molar-refractivity contribution is 5.83. The number of para-hydroxylation sites is 2. The summed E-state index contributed by atoms with van der Waals surface area (Å²) in [6.07, 6.45) is 6.74. The maximum absolute atomic E-state index is 9.56. The minimum atomic E-state index is 0.370. The van der Waals surface area contributed by atoms with Gasteiger partial charge < -0.3 is 4.98 Å². The molecular weight excluding hydrogens is 270 g/mol.